The van der Waals surface area contributed by atoms with E-state index in [2.05, 4.69) is 0 Å². The van der Waals surface area contributed by atoms with Crippen LogP contribution < -0.4 is 9.64 Å². The van der Waals surface area contributed by atoms with E-state index in [1.165, 1.54) is 6.08 Å². The first kappa shape index (κ1) is 17.7. The van der Waals surface area contributed by atoms with E-state index in [4.69, 9.17) is 9.47 Å². The first-order valence-electron chi connectivity index (χ1n) is 9.88. The Labute approximate surface area is 164 Å². The average molecular weight is 383 g/mol. The third kappa shape index (κ3) is 1.82. The van der Waals surface area contributed by atoms with Crippen LogP contribution in [0.3, 0.4) is 0 Å². The van der Waals surface area contributed by atoms with Crippen molar-refractivity contribution in [2.24, 2.45) is 17.3 Å². The number of hydrogen-bond donors (Lipinski definition) is 1. The van der Waals surface area contributed by atoms with Crippen molar-refractivity contribution in [3.8, 4) is 5.75 Å². The topological polar surface area (TPSA) is 75.8 Å². The molecule has 0 bridgehead atoms. The van der Waals surface area contributed by atoms with Crippen LogP contribution in [0.25, 0.3) is 0 Å². The van der Waals surface area contributed by atoms with Crippen molar-refractivity contribution in [2.45, 2.75) is 43.9 Å². The normalized spacial score (nSPS) is 43.6. The fourth-order valence-corrected chi connectivity index (χ4v) is 5.90. The van der Waals surface area contributed by atoms with E-state index in [9.17, 15) is 14.7 Å². The van der Waals surface area contributed by atoms with E-state index in [0.717, 1.165) is 18.5 Å². The summed E-state index contributed by atoms with van der Waals surface area (Å²) in [6.07, 6.45) is 3.89. The number of carbonyl (C=O) groups excluding carboxylic acids is 2. The van der Waals surface area contributed by atoms with Gasteiger partial charge in [0.15, 0.2) is 11.3 Å². The lowest BCUT2D eigenvalue weighted by atomic mass is 9.64. The fourth-order valence-electron chi connectivity index (χ4n) is 5.90. The molecule has 0 radical (unpaired) electrons. The third-order valence-corrected chi connectivity index (χ3v) is 7.78. The van der Waals surface area contributed by atoms with Gasteiger partial charge >= 0.3 is 5.97 Å². The maximum absolute atomic E-state index is 13.1. The van der Waals surface area contributed by atoms with Gasteiger partial charge in [-0.2, -0.15) is 0 Å². The maximum atomic E-state index is 13.1. The van der Waals surface area contributed by atoms with Gasteiger partial charge in [0.2, 0.25) is 0 Å². The van der Waals surface area contributed by atoms with Gasteiger partial charge in [-0.25, -0.2) is 4.79 Å². The van der Waals surface area contributed by atoms with Crippen LogP contribution in [0.5, 0.6) is 5.75 Å². The SMILES string of the molecule is COc1ccccc1N1CC12C(=O)O[C@@H]1[C@H]2CC[C@H](C)[C@]2(O)C=CC(=O)[C@@]12C. The highest BCUT2D eigenvalue weighted by molar-refractivity contribution is 6.02. The largest absolute Gasteiger partial charge is 0.495 e. The highest BCUT2D eigenvalue weighted by Gasteiger charge is 2.77. The van der Waals surface area contributed by atoms with Crippen LogP contribution in [0.1, 0.15) is 26.7 Å². The lowest BCUT2D eigenvalue weighted by Crippen LogP contribution is -2.57. The summed E-state index contributed by atoms with van der Waals surface area (Å²) in [5.41, 5.74) is -2.37. The lowest BCUT2D eigenvalue weighted by molar-refractivity contribution is -0.166. The van der Waals surface area contributed by atoms with Crippen LogP contribution in [-0.2, 0) is 14.3 Å². The van der Waals surface area contributed by atoms with Crippen LogP contribution in [0.2, 0.25) is 0 Å². The lowest BCUT2D eigenvalue weighted by Gasteiger charge is -2.43. The Hall–Kier alpha value is -2.34. The summed E-state index contributed by atoms with van der Waals surface area (Å²) in [5.74, 6) is -0.00600. The monoisotopic (exact) mass is 383 g/mol. The number of methoxy groups -OCH3 is 1. The Kier molecular flexibility index (Phi) is 3.41. The number of para-hydroxylation sites is 2. The van der Waals surface area contributed by atoms with Crippen molar-refractivity contribution in [2.75, 3.05) is 18.6 Å². The van der Waals surface area contributed by atoms with Gasteiger partial charge in [0.25, 0.3) is 0 Å². The molecule has 2 aliphatic carbocycles. The Morgan fingerprint density at radius 3 is 2.75 bits per heavy atom. The maximum Gasteiger partial charge on any atom is 0.334 e. The molecule has 2 heterocycles. The Morgan fingerprint density at radius 1 is 1.25 bits per heavy atom. The Morgan fingerprint density at radius 2 is 2.00 bits per heavy atom. The number of ether oxygens (including phenoxy) is 2. The molecule has 1 aromatic rings. The number of anilines is 1. The molecule has 1 aromatic carbocycles. The standard InChI is InChI=1S/C22H25NO5/c1-13-8-9-14-18(20(2)17(24)10-11-22(13,20)26)28-19(25)21(14)12-23(21)15-6-4-5-7-16(15)27-3/h4-7,10-11,13-14,18,26H,8-9,12H2,1-3H3/t13-,14+,18+,20-,21?,22+,23?/m0/s1. The Bertz CT molecular complexity index is 912. The summed E-state index contributed by atoms with van der Waals surface area (Å²) in [6, 6.07) is 7.62. The van der Waals surface area contributed by atoms with E-state index in [0.29, 0.717) is 12.3 Å². The van der Waals surface area contributed by atoms with Gasteiger partial charge in [-0.3, -0.25) is 4.79 Å². The molecule has 5 rings (SSSR count). The van der Waals surface area contributed by atoms with Gasteiger partial charge in [0, 0.05) is 5.92 Å². The smallest absolute Gasteiger partial charge is 0.334 e. The molecule has 4 aliphatic rings. The van der Waals surface area contributed by atoms with Crippen LogP contribution >= 0.6 is 0 Å². The molecule has 1 N–H and O–H groups in total. The van der Waals surface area contributed by atoms with E-state index in [1.54, 1.807) is 20.1 Å². The number of carbonyl (C=O) groups is 2. The van der Waals surface area contributed by atoms with E-state index in [1.807, 2.05) is 36.1 Å². The van der Waals surface area contributed by atoms with Crippen molar-refractivity contribution >= 4 is 17.4 Å². The highest BCUT2D eigenvalue weighted by atomic mass is 16.6. The second-order valence-corrected chi connectivity index (χ2v) is 8.82. The summed E-state index contributed by atoms with van der Waals surface area (Å²) in [4.78, 5) is 28.1. The number of fused-ring (bicyclic) bond motifs is 4. The number of allylic oxidation sites excluding steroid dienone is 1. The second-order valence-electron chi connectivity index (χ2n) is 8.82. The molecule has 1 unspecified atom stereocenters. The molecule has 0 amide bonds. The van der Waals surface area contributed by atoms with E-state index in [-0.39, 0.29) is 23.6 Å². The minimum Gasteiger partial charge on any atom is -0.495 e. The third-order valence-electron chi connectivity index (χ3n) is 7.78. The van der Waals surface area contributed by atoms with Crippen LogP contribution in [-0.4, -0.2) is 47.8 Å². The highest BCUT2D eigenvalue weighted by Crippen LogP contribution is 2.62. The number of nitrogens with zero attached hydrogens (tertiary/aromatic N) is 1. The van der Waals surface area contributed by atoms with Crippen LogP contribution in [0, 0.1) is 17.3 Å². The van der Waals surface area contributed by atoms with Gasteiger partial charge in [0.1, 0.15) is 17.5 Å². The molecule has 1 spiro atoms. The van der Waals surface area contributed by atoms with E-state index >= 15 is 0 Å². The zero-order valence-corrected chi connectivity index (χ0v) is 16.3. The first-order chi connectivity index (χ1) is 13.3. The predicted molar refractivity (Wildman–Crippen MR) is 102 cm³/mol. The fraction of sp³-hybridized carbons (Fsp3) is 0.545. The second kappa shape index (κ2) is 5.38. The zero-order chi connectivity index (χ0) is 19.9. The molecule has 6 nitrogen and oxygen atoms in total. The van der Waals surface area contributed by atoms with Gasteiger partial charge < -0.3 is 19.5 Å². The molecule has 2 aliphatic heterocycles. The number of aliphatic hydroxyl groups is 1. The number of ketones is 1. The number of benzene rings is 1. The molecular formula is C22H25NO5. The Balaban J connectivity index is 1.58. The summed E-state index contributed by atoms with van der Waals surface area (Å²) in [6.45, 7) is 4.27. The number of rotatable bonds is 2. The molecular weight excluding hydrogens is 358 g/mol. The van der Waals surface area contributed by atoms with E-state index < -0.39 is 22.7 Å². The minimum atomic E-state index is -1.29. The summed E-state index contributed by atoms with van der Waals surface area (Å²) < 4.78 is 11.4. The summed E-state index contributed by atoms with van der Waals surface area (Å²) >= 11 is 0. The molecule has 3 fully saturated rings. The predicted octanol–water partition coefficient (Wildman–Crippen LogP) is 2.10. The molecule has 2 saturated heterocycles. The average Bonchev–Trinajstić information content (AvgIpc) is 3.33. The van der Waals surface area contributed by atoms with Crippen molar-refractivity contribution in [3.63, 3.8) is 0 Å². The summed E-state index contributed by atoms with van der Waals surface area (Å²) in [7, 11) is 1.61. The van der Waals surface area contributed by atoms with Gasteiger partial charge in [0.05, 0.1) is 24.8 Å². The molecule has 148 valence electrons. The number of esters is 1. The van der Waals surface area contributed by atoms with Gasteiger partial charge in [-0.15, -0.1) is 0 Å². The molecule has 28 heavy (non-hydrogen) atoms. The van der Waals surface area contributed by atoms with Crippen molar-refractivity contribution in [1.82, 2.24) is 0 Å². The van der Waals surface area contributed by atoms with Gasteiger partial charge in [-0.05, 0) is 50.0 Å². The quantitative estimate of drug-likeness (QED) is 0.623. The number of hydrogen-bond acceptors (Lipinski definition) is 6. The van der Waals surface area contributed by atoms with Crippen LogP contribution in [0.15, 0.2) is 36.4 Å². The molecule has 6 atom stereocenters. The van der Waals surface area contributed by atoms with Gasteiger partial charge in [-0.1, -0.05) is 19.1 Å². The van der Waals surface area contributed by atoms with Crippen molar-refractivity contribution in [3.05, 3.63) is 36.4 Å². The molecule has 1 saturated carbocycles. The molecule has 0 aromatic heterocycles. The minimum absolute atomic E-state index is 0.0972. The van der Waals surface area contributed by atoms with Crippen LogP contribution in [0.4, 0.5) is 5.69 Å². The molecule has 6 heteroatoms. The first-order valence-corrected chi connectivity index (χ1v) is 9.88. The van der Waals surface area contributed by atoms with Crippen molar-refractivity contribution < 1.29 is 24.2 Å². The zero-order valence-electron chi connectivity index (χ0n) is 16.3. The summed E-state index contributed by atoms with van der Waals surface area (Å²) in [5, 5.41) is 11.4. The van der Waals surface area contributed by atoms with Crippen molar-refractivity contribution in [1.29, 1.82) is 0 Å².